The van der Waals surface area contributed by atoms with E-state index in [0.29, 0.717) is 22.4 Å². The standard InChI is InChI=1S/C31H46N4O7S.H2O4S/c1-8-42-30(38)34-12-14-35(15-13-34)33-31(29(36)37,19-23-10-9-11-25(16-23)32-39)43(40,41)28-26(21(4)5)17-24(20(2)3)18-27(28)22(6)7;1-5(2,3)4/h9-11,16-18,20-22,32-33,39H,8,12-15,19H2,1-7H3,(H,36,37);(H2,1,2,3,4)/t31-;/m1./s1. The number of sulfone groups is 1. The number of carboxylic acid groups (broad SMARTS) is 1. The van der Waals surface area contributed by atoms with E-state index in [1.54, 1.807) is 30.1 Å². The third-order valence-electron chi connectivity index (χ3n) is 7.81. The monoisotopic (exact) mass is 716 g/mol. The quantitative estimate of drug-likeness (QED) is 0.133. The Morgan fingerprint density at radius 3 is 1.83 bits per heavy atom. The second-order valence-electron chi connectivity index (χ2n) is 12.3. The molecule has 0 bridgehead atoms. The first-order valence-electron chi connectivity index (χ1n) is 15.5. The zero-order valence-electron chi connectivity index (χ0n) is 28.3. The largest absolute Gasteiger partial charge is 0.479 e. The Bertz CT molecular complexity index is 1600. The number of carboxylic acids is 1. The van der Waals surface area contributed by atoms with Crippen molar-refractivity contribution >= 4 is 38.0 Å². The highest BCUT2D eigenvalue weighted by molar-refractivity contribution is 7.93. The molecule has 0 radical (unpaired) electrons. The minimum atomic E-state index is -4.67. The summed E-state index contributed by atoms with van der Waals surface area (Å²) in [6, 6.07) is 10.1. The number of nitrogens with one attached hydrogen (secondary N) is 2. The van der Waals surface area contributed by atoms with Crippen LogP contribution >= 0.6 is 0 Å². The van der Waals surface area contributed by atoms with Crippen LogP contribution in [0.5, 0.6) is 0 Å². The molecule has 1 heterocycles. The van der Waals surface area contributed by atoms with E-state index >= 15 is 8.42 Å². The number of carbonyl (C=O) groups is 2. The molecule has 1 atom stereocenters. The van der Waals surface area contributed by atoms with Gasteiger partial charge in [-0.05, 0) is 59.1 Å². The summed E-state index contributed by atoms with van der Waals surface area (Å²) in [6.45, 7) is 14.5. The minimum absolute atomic E-state index is 0.0263. The topological polar surface area (TPSA) is 223 Å². The minimum Gasteiger partial charge on any atom is -0.479 e. The second-order valence-corrected chi connectivity index (χ2v) is 15.4. The van der Waals surface area contributed by atoms with Crippen molar-refractivity contribution in [3.63, 3.8) is 0 Å². The van der Waals surface area contributed by atoms with E-state index in [9.17, 15) is 19.9 Å². The molecule has 3 rings (SSSR count). The van der Waals surface area contributed by atoms with Crippen LogP contribution in [0.25, 0.3) is 0 Å². The number of anilines is 1. The van der Waals surface area contributed by atoms with E-state index in [1.807, 2.05) is 59.2 Å². The fourth-order valence-corrected chi connectivity index (χ4v) is 7.71. The smallest absolute Gasteiger partial charge is 0.409 e. The zero-order chi connectivity index (χ0) is 36.6. The maximum absolute atomic E-state index is 15.1. The number of ether oxygens (including phenoxy) is 1. The molecule has 1 amide bonds. The fourth-order valence-electron chi connectivity index (χ4n) is 5.32. The molecule has 2 aromatic carbocycles. The first kappa shape index (κ1) is 40.9. The Morgan fingerprint density at radius 1 is 0.896 bits per heavy atom. The van der Waals surface area contributed by atoms with Gasteiger partial charge in [0.25, 0.3) is 0 Å². The van der Waals surface area contributed by atoms with Gasteiger partial charge in [0.2, 0.25) is 14.7 Å². The number of hydrazine groups is 1. The third-order valence-corrected chi connectivity index (χ3v) is 10.1. The van der Waals surface area contributed by atoms with E-state index in [2.05, 4.69) is 5.43 Å². The molecule has 0 spiro atoms. The molecule has 1 aliphatic heterocycles. The van der Waals surface area contributed by atoms with E-state index in [4.69, 9.17) is 22.3 Å². The van der Waals surface area contributed by atoms with Gasteiger partial charge in [-0.1, -0.05) is 65.8 Å². The number of amides is 1. The molecule has 48 heavy (non-hydrogen) atoms. The predicted molar refractivity (Wildman–Crippen MR) is 179 cm³/mol. The van der Waals surface area contributed by atoms with Crippen molar-refractivity contribution in [1.82, 2.24) is 15.3 Å². The summed E-state index contributed by atoms with van der Waals surface area (Å²) in [5.41, 5.74) is 7.79. The van der Waals surface area contributed by atoms with Gasteiger partial charge in [-0.15, -0.1) is 0 Å². The molecule has 15 nitrogen and oxygen atoms in total. The van der Waals surface area contributed by atoms with E-state index in [1.165, 1.54) is 11.0 Å². The Kier molecular flexibility index (Phi) is 14.4. The van der Waals surface area contributed by atoms with Crippen LogP contribution in [0, 0.1) is 0 Å². The van der Waals surface area contributed by atoms with Gasteiger partial charge in [-0.2, -0.15) is 8.42 Å². The maximum atomic E-state index is 15.1. The number of benzene rings is 2. The Hall–Kier alpha value is -3.32. The van der Waals surface area contributed by atoms with E-state index in [-0.39, 0.29) is 55.4 Å². The van der Waals surface area contributed by atoms with Gasteiger partial charge >= 0.3 is 22.5 Å². The van der Waals surface area contributed by atoms with Crippen molar-refractivity contribution in [2.45, 2.75) is 82.4 Å². The number of piperazine rings is 1. The highest BCUT2D eigenvalue weighted by Crippen LogP contribution is 2.40. The number of carbonyl (C=O) groups excluding carboxylic acids is 1. The van der Waals surface area contributed by atoms with Gasteiger partial charge in [0.05, 0.1) is 17.2 Å². The number of rotatable bonds is 12. The molecule has 0 unspecified atom stereocenters. The zero-order valence-corrected chi connectivity index (χ0v) is 29.9. The van der Waals surface area contributed by atoms with Gasteiger partial charge in [0.1, 0.15) is 0 Å². The Labute approximate surface area is 282 Å². The molecule has 1 saturated heterocycles. The summed E-state index contributed by atoms with van der Waals surface area (Å²) in [5, 5.41) is 22.0. The third kappa shape index (κ3) is 10.3. The van der Waals surface area contributed by atoms with Gasteiger partial charge in [-0.3, -0.25) is 19.8 Å². The summed E-state index contributed by atoms with van der Waals surface area (Å²) in [4.78, 5) is 24.7. The highest BCUT2D eigenvalue weighted by atomic mass is 32.3. The molecule has 1 aliphatic rings. The molecule has 1 fully saturated rings. The van der Waals surface area contributed by atoms with E-state index in [0.717, 1.165) is 5.56 Å². The summed E-state index contributed by atoms with van der Waals surface area (Å²) < 4.78 is 66.9. The molecular weight excluding hydrogens is 668 g/mol. The average Bonchev–Trinajstić information content (AvgIpc) is 2.99. The number of aliphatic carboxylic acids is 1. The number of hydrogen-bond donors (Lipinski definition) is 6. The maximum Gasteiger partial charge on any atom is 0.409 e. The second kappa shape index (κ2) is 16.9. The molecule has 0 aromatic heterocycles. The predicted octanol–water partition coefficient (Wildman–Crippen LogP) is 4.28. The molecule has 2 aromatic rings. The first-order valence-corrected chi connectivity index (χ1v) is 18.4. The molecular formula is C31H48N4O11S2. The van der Waals surface area contributed by atoms with Crippen LogP contribution in [-0.2, 0) is 36.2 Å². The van der Waals surface area contributed by atoms with Crippen LogP contribution in [0.1, 0.15) is 88.5 Å². The lowest BCUT2D eigenvalue weighted by molar-refractivity contribution is -0.143. The average molecular weight is 717 g/mol. The molecule has 0 saturated carbocycles. The normalized spacial score (nSPS) is 15.6. The molecule has 17 heteroatoms. The van der Waals surface area contributed by atoms with Crippen LogP contribution < -0.4 is 10.9 Å². The SMILES string of the molecule is CCOC(=O)N1CCN(N[C@@](Cc2cccc(NO)c2)(C(=O)O)S(=O)(=O)c2c(C(C)C)cc(C(C)C)cc2C(C)C)CC1.O=S(=O)(O)O. The van der Waals surface area contributed by atoms with Crippen molar-refractivity contribution in [1.29, 1.82) is 0 Å². The van der Waals surface area contributed by atoms with Crippen LogP contribution in [0.2, 0.25) is 0 Å². The van der Waals surface area contributed by atoms with Crippen molar-refractivity contribution in [3.05, 3.63) is 58.7 Å². The van der Waals surface area contributed by atoms with Crippen molar-refractivity contribution in [2.24, 2.45) is 0 Å². The van der Waals surface area contributed by atoms with Crippen LogP contribution in [0.3, 0.4) is 0 Å². The Balaban J connectivity index is 0.00000149. The number of hydrogen-bond acceptors (Lipinski definition) is 11. The van der Waals surface area contributed by atoms with Gasteiger partial charge in [0.15, 0.2) is 0 Å². The Morgan fingerprint density at radius 2 is 1.42 bits per heavy atom. The van der Waals surface area contributed by atoms with Gasteiger partial charge in [-0.25, -0.2) is 28.4 Å². The van der Waals surface area contributed by atoms with Crippen molar-refractivity contribution < 1.29 is 50.6 Å². The molecule has 0 aliphatic carbocycles. The first-order chi connectivity index (χ1) is 22.2. The highest BCUT2D eigenvalue weighted by Gasteiger charge is 2.55. The van der Waals surface area contributed by atoms with E-state index < -0.39 is 43.6 Å². The molecule has 6 N–H and O–H groups in total. The number of nitrogens with zero attached hydrogens (tertiary/aromatic N) is 2. The van der Waals surface area contributed by atoms with Crippen LogP contribution in [0.4, 0.5) is 10.5 Å². The van der Waals surface area contributed by atoms with Crippen LogP contribution in [-0.4, -0.2) is 95.9 Å². The van der Waals surface area contributed by atoms with Crippen molar-refractivity contribution in [2.75, 3.05) is 38.3 Å². The van der Waals surface area contributed by atoms with Crippen LogP contribution in [0.15, 0.2) is 41.3 Å². The summed E-state index contributed by atoms with van der Waals surface area (Å²) in [5.74, 6) is -1.83. The lowest BCUT2D eigenvalue weighted by Crippen LogP contribution is -2.67. The summed E-state index contributed by atoms with van der Waals surface area (Å²) in [7, 11) is -9.32. The fraction of sp³-hybridized carbons (Fsp3) is 0.548. The van der Waals surface area contributed by atoms with Gasteiger partial charge in [0, 0.05) is 32.6 Å². The lowest BCUT2D eigenvalue weighted by atomic mass is 9.89. The lowest BCUT2D eigenvalue weighted by Gasteiger charge is -2.41. The van der Waals surface area contributed by atoms with Crippen molar-refractivity contribution in [3.8, 4) is 0 Å². The summed E-state index contributed by atoms with van der Waals surface area (Å²) >= 11 is 0. The molecule has 270 valence electrons. The summed E-state index contributed by atoms with van der Waals surface area (Å²) in [6.07, 6.45) is -0.903. The van der Waals surface area contributed by atoms with Gasteiger partial charge < -0.3 is 14.7 Å².